The molecule has 0 saturated carbocycles. The topological polar surface area (TPSA) is 64.0 Å². The fourth-order valence-corrected chi connectivity index (χ4v) is 2.82. The van der Waals surface area contributed by atoms with Gasteiger partial charge in [0.25, 0.3) is 0 Å². The summed E-state index contributed by atoms with van der Waals surface area (Å²) in [6.45, 7) is 8.21. The Morgan fingerprint density at radius 2 is 2.05 bits per heavy atom. The average molecular weight is 287 g/mol. The molecule has 0 aliphatic heterocycles. The van der Waals surface area contributed by atoms with Gasteiger partial charge < -0.3 is 5.32 Å². The maximum absolute atomic E-state index is 12.0. The number of aromatic nitrogens is 2. The van der Waals surface area contributed by atoms with E-state index in [0.717, 1.165) is 17.9 Å². The van der Waals surface area contributed by atoms with Crippen LogP contribution in [0.3, 0.4) is 0 Å². The molecule has 1 N–H and O–H groups in total. The van der Waals surface area contributed by atoms with Gasteiger partial charge in [0.1, 0.15) is 0 Å². The smallest absolute Gasteiger partial charge is 0.154 e. The lowest BCUT2D eigenvalue weighted by Gasteiger charge is -2.33. The predicted octanol–water partition coefficient (Wildman–Crippen LogP) is 1.07. The molecule has 1 heterocycles. The van der Waals surface area contributed by atoms with Gasteiger partial charge in [-0.1, -0.05) is 6.92 Å². The van der Waals surface area contributed by atoms with Crippen molar-refractivity contribution in [3.05, 3.63) is 17.5 Å². The van der Waals surface area contributed by atoms with Crippen molar-refractivity contribution in [2.24, 2.45) is 7.05 Å². The van der Waals surface area contributed by atoms with Gasteiger partial charge in [0.15, 0.2) is 9.84 Å². The second-order valence-corrected chi connectivity index (χ2v) is 8.19. The van der Waals surface area contributed by atoms with Crippen LogP contribution in [-0.4, -0.2) is 41.8 Å². The fourth-order valence-electron chi connectivity index (χ4n) is 2.13. The number of rotatable bonds is 6. The second-order valence-electron chi connectivity index (χ2n) is 5.59. The predicted molar refractivity (Wildman–Crippen MR) is 78.0 cm³/mol. The van der Waals surface area contributed by atoms with E-state index in [1.807, 2.05) is 31.6 Å². The largest absolute Gasteiger partial charge is 0.312 e. The number of hydrogen-bond donors (Lipinski definition) is 1. The number of nitrogens with one attached hydrogen (secondary N) is 1. The lowest BCUT2D eigenvalue weighted by Crippen LogP contribution is -2.52. The molecule has 0 saturated heterocycles. The summed E-state index contributed by atoms with van der Waals surface area (Å²) in [4.78, 5) is 0. The molecule has 0 aromatic carbocycles. The summed E-state index contributed by atoms with van der Waals surface area (Å²) in [7, 11) is -1.25. The molecule has 1 rings (SSSR count). The van der Waals surface area contributed by atoms with Crippen LogP contribution >= 0.6 is 0 Å². The van der Waals surface area contributed by atoms with E-state index in [1.54, 1.807) is 13.8 Å². The number of nitrogens with zero attached hydrogens (tertiary/aromatic N) is 2. The molecule has 1 unspecified atom stereocenters. The van der Waals surface area contributed by atoms with Crippen LogP contribution in [0.5, 0.6) is 0 Å². The summed E-state index contributed by atoms with van der Waals surface area (Å²) in [5.41, 5.74) is 1.99. The van der Waals surface area contributed by atoms with Crippen molar-refractivity contribution >= 4 is 9.84 Å². The Morgan fingerprint density at radius 3 is 2.42 bits per heavy atom. The molecule has 0 spiro atoms. The molecule has 0 amide bonds. The quantitative estimate of drug-likeness (QED) is 0.850. The summed E-state index contributed by atoms with van der Waals surface area (Å²) >= 11 is 0. The Bertz CT molecular complexity index is 532. The molecule has 5 nitrogen and oxygen atoms in total. The maximum Gasteiger partial charge on any atom is 0.154 e. The van der Waals surface area contributed by atoms with Crippen LogP contribution in [0.4, 0.5) is 0 Å². The zero-order valence-corrected chi connectivity index (χ0v) is 13.5. The van der Waals surface area contributed by atoms with Crippen LogP contribution in [0.1, 0.15) is 32.2 Å². The molecule has 1 aromatic rings. The van der Waals surface area contributed by atoms with E-state index in [2.05, 4.69) is 10.4 Å². The Hall–Kier alpha value is -0.880. The zero-order chi connectivity index (χ0) is 14.8. The van der Waals surface area contributed by atoms with Crippen molar-refractivity contribution in [1.82, 2.24) is 15.1 Å². The van der Waals surface area contributed by atoms with Crippen molar-refractivity contribution in [3.63, 3.8) is 0 Å². The van der Waals surface area contributed by atoms with E-state index in [-0.39, 0.29) is 6.04 Å². The first-order chi connectivity index (χ1) is 8.59. The van der Waals surface area contributed by atoms with E-state index < -0.39 is 14.6 Å². The minimum atomic E-state index is -3.14. The normalized spacial score (nSPS) is 14.6. The molecular weight excluding hydrogens is 262 g/mol. The fraction of sp³-hybridized carbons (Fsp3) is 0.769. The molecular formula is C13H25N3O2S. The third-order valence-corrected chi connectivity index (χ3v) is 5.95. The van der Waals surface area contributed by atoms with E-state index in [1.165, 1.54) is 6.26 Å². The van der Waals surface area contributed by atoms with E-state index in [0.29, 0.717) is 6.42 Å². The molecule has 1 atom stereocenters. The van der Waals surface area contributed by atoms with E-state index >= 15 is 0 Å². The minimum absolute atomic E-state index is 0.137. The summed E-state index contributed by atoms with van der Waals surface area (Å²) in [5, 5.41) is 7.60. The number of likely N-dealkylation sites (N-methyl/N-ethyl adjacent to an activating group) is 1. The molecule has 110 valence electrons. The van der Waals surface area contributed by atoms with Crippen molar-refractivity contribution in [2.75, 3.05) is 12.8 Å². The number of hydrogen-bond acceptors (Lipinski definition) is 4. The first kappa shape index (κ1) is 16.2. The Labute approximate surface area is 116 Å². The standard InChI is InChI=1S/C13H25N3O2S/c1-7-14-12(13(3,4)19(6,17)18)9-11-8-10(2)15-16(11)5/h8,12,14H,7,9H2,1-6H3. The zero-order valence-electron chi connectivity index (χ0n) is 12.7. The van der Waals surface area contributed by atoms with Crippen molar-refractivity contribution in [3.8, 4) is 0 Å². The van der Waals surface area contributed by atoms with Gasteiger partial charge in [-0.25, -0.2) is 8.42 Å². The number of aryl methyl sites for hydroxylation is 2. The average Bonchev–Trinajstić information content (AvgIpc) is 2.55. The van der Waals surface area contributed by atoms with Crippen molar-refractivity contribution < 1.29 is 8.42 Å². The van der Waals surface area contributed by atoms with Gasteiger partial charge in [0.05, 0.1) is 10.4 Å². The van der Waals surface area contributed by atoms with Gasteiger partial charge in [-0.15, -0.1) is 0 Å². The van der Waals surface area contributed by atoms with Gasteiger partial charge in [-0.2, -0.15) is 5.10 Å². The highest BCUT2D eigenvalue weighted by Crippen LogP contribution is 2.23. The first-order valence-corrected chi connectivity index (χ1v) is 8.41. The van der Waals surface area contributed by atoms with Gasteiger partial charge in [-0.05, 0) is 33.4 Å². The third kappa shape index (κ3) is 3.57. The third-order valence-electron chi connectivity index (χ3n) is 3.76. The van der Waals surface area contributed by atoms with Gasteiger partial charge in [0, 0.05) is 31.5 Å². The molecule has 0 radical (unpaired) electrons. The first-order valence-electron chi connectivity index (χ1n) is 6.52. The Kier molecular flexibility index (Phi) is 4.79. The molecule has 0 aliphatic rings. The monoisotopic (exact) mass is 287 g/mol. The van der Waals surface area contributed by atoms with E-state index in [4.69, 9.17) is 0 Å². The van der Waals surface area contributed by atoms with Crippen LogP contribution < -0.4 is 5.32 Å². The highest BCUT2D eigenvalue weighted by molar-refractivity contribution is 7.92. The summed E-state index contributed by atoms with van der Waals surface area (Å²) in [5.74, 6) is 0. The lowest BCUT2D eigenvalue weighted by atomic mass is 9.98. The van der Waals surface area contributed by atoms with Gasteiger partial charge >= 0.3 is 0 Å². The van der Waals surface area contributed by atoms with Gasteiger partial charge in [-0.3, -0.25) is 4.68 Å². The van der Waals surface area contributed by atoms with Crippen LogP contribution in [0.25, 0.3) is 0 Å². The molecule has 0 aliphatic carbocycles. The Balaban J connectivity index is 3.06. The van der Waals surface area contributed by atoms with Crippen molar-refractivity contribution in [2.45, 2.75) is 44.9 Å². The highest BCUT2D eigenvalue weighted by atomic mass is 32.2. The minimum Gasteiger partial charge on any atom is -0.312 e. The van der Waals surface area contributed by atoms with E-state index in [9.17, 15) is 8.42 Å². The molecule has 1 aromatic heterocycles. The highest BCUT2D eigenvalue weighted by Gasteiger charge is 2.38. The lowest BCUT2D eigenvalue weighted by molar-refractivity contribution is 0.406. The SMILES string of the molecule is CCNC(Cc1cc(C)nn1C)C(C)(C)S(C)(=O)=O. The van der Waals surface area contributed by atoms with Crippen LogP contribution in [0.15, 0.2) is 6.07 Å². The van der Waals surface area contributed by atoms with Crippen LogP contribution in [0.2, 0.25) is 0 Å². The molecule has 0 fully saturated rings. The molecule has 19 heavy (non-hydrogen) atoms. The van der Waals surface area contributed by atoms with Crippen LogP contribution in [-0.2, 0) is 23.3 Å². The summed E-state index contributed by atoms with van der Waals surface area (Å²) in [6, 6.07) is 1.87. The second kappa shape index (κ2) is 5.63. The molecule has 0 bridgehead atoms. The summed E-state index contributed by atoms with van der Waals surface area (Å²) < 4.78 is 25.0. The van der Waals surface area contributed by atoms with Gasteiger partial charge in [0.2, 0.25) is 0 Å². The maximum atomic E-state index is 12.0. The number of sulfone groups is 1. The summed E-state index contributed by atoms with van der Waals surface area (Å²) in [6.07, 6.45) is 1.94. The van der Waals surface area contributed by atoms with Crippen LogP contribution in [0, 0.1) is 6.92 Å². The van der Waals surface area contributed by atoms with Crippen molar-refractivity contribution in [1.29, 1.82) is 0 Å². The molecule has 6 heteroatoms. The Morgan fingerprint density at radius 1 is 1.47 bits per heavy atom.